The number of ketones is 1. The normalized spacial score (nSPS) is 10.3. The second-order valence-corrected chi connectivity index (χ2v) is 4.16. The maximum Gasteiger partial charge on any atom is 0.232 e. The molecule has 0 saturated carbocycles. The number of carbonyl (C=O) groups is 1. The molecule has 0 amide bonds. The third-order valence-corrected chi connectivity index (χ3v) is 3.05. The number of carbonyl (C=O) groups excluding carboxylic acids is 1. The van der Waals surface area contributed by atoms with E-state index in [9.17, 15) is 4.79 Å². The van der Waals surface area contributed by atoms with Gasteiger partial charge in [-0.05, 0) is 19.1 Å². The highest BCUT2D eigenvalue weighted by molar-refractivity contribution is 6.09. The molecule has 5 heteroatoms. The molecular weight excluding hydrogens is 244 g/mol. The van der Waals surface area contributed by atoms with Gasteiger partial charge in [0.1, 0.15) is 11.5 Å². The Morgan fingerprint density at radius 2 is 2.00 bits per heavy atom. The Bertz CT molecular complexity index is 617. The zero-order valence-electron chi connectivity index (χ0n) is 11.4. The van der Waals surface area contributed by atoms with Gasteiger partial charge in [-0.3, -0.25) is 4.79 Å². The molecule has 2 aromatic rings. The van der Waals surface area contributed by atoms with Gasteiger partial charge in [0.25, 0.3) is 0 Å². The standard InChI is InChI=1S/C14H16N2O3/c1-9-11(18-3)6-5-10(13(9)19-4)12(17)14-15-7-8-16(14)2/h5-8H,1-4H3. The number of imidazole rings is 1. The first-order chi connectivity index (χ1) is 9.10. The molecular formula is C14H16N2O3. The maximum absolute atomic E-state index is 12.5. The number of rotatable bonds is 4. The van der Waals surface area contributed by atoms with Gasteiger partial charge in [0.05, 0.1) is 19.8 Å². The molecule has 1 heterocycles. The number of hydrogen-bond acceptors (Lipinski definition) is 4. The van der Waals surface area contributed by atoms with Crippen molar-refractivity contribution in [1.82, 2.24) is 9.55 Å². The van der Waals surface area contributed by atoms with E-state index in [2.05, 4.69) is 4.98 Å². The van der Waals surface area contributed by atoms with Gasteiger partial charge in [0.15, 0.2) is 5.82 Å². The van der Waals surface area contributed by atoms with Crippen molar-refractivity contribution in [3.05, 3.63) is 41.5 Å². The van der Waals surface area contributed by atoms with Crippen molar-refractivity contribution < 1.29 is 14.3 Å². The molecule has 100 valence electrons. The summed E-state index contributed by atoms with van der Waals surface area (Å²) >= 11 is 0. The number of nitrogens with zero attached hydrogens (tertiary/aromatic N) is 2. The molecule has 0 saturated heterocycles. The molecule has 0 spiro atoms. The lowest BCUT2D eigenvalue weighted by molar-refractivity contribution is 0.102. The van der Waals surface area contributed by atoms with Gasteiger partial charge in [-0.25, -0.2) is 4.98 Å². The van der Waals surface area contributed by atoms with E-state index in [0.29, 0.717) is 22.9 Å². The van der Waals surface area contributed by atoms with E-state index in [0.717, 1.165) is 5.56 Å². The summed E-state index contributed by atoms with van der Waals surface area (Å²) in [6.45, 7) is 1.85. The maximum atomic E-state index is 12.5. The fourth-order valence-corrected chi connectivity index (χ4v) is 2.04. The molecule has 5 nitrogen and oxygen atoms in total. The predicted molar refractivity (Wildman–Crippen MR) is 70.9 cm³/mol. The van der Waals surface area contributed by atoms with Crippen molar-refractivity contribution in [1.29, 1.82) is 0 Å². The SMILES string of the molecule is COc1ccc(C(=O)c2nccn2C)c(OC)c1C. The fourth-order valence-electron chi connectivity index (χ4n) is 2.04. The number of aromatic nitrogens is 2. The van der Waals surface area contributed by atoms with E-state index < -0.39 is 0 Å². The van der Waals surface area contributed by atoms with Crippen LogP contribution < -0.4 is 9.47 Å². The highest BCUT2D eigenvalue weighted by atomic mass is 16.5. The number of aryl methyl sites for hydroxylation is 1. The molecule has 0 aliphatic rings. The monoisotopic (exact) mass is 260 g/mol. The molecule has 0 aliphatic carbocycles. The van der Waals surface area contributed by atoms with Crippen LogP contribution in [0.5, 0.6) is 11.5 Å². The van der Waals surface area contributed by atoms with Gasteiger partial charge in [-0.15, -0.1) is 0 Å². The van der Waals surface area contributed by atoms with Crippen LogP contribution in [0.2, 0.25) is 0 Å². The topological polar surface area (TPSA) is 53.3 Å². The van der Waals surface area contributed by atoms with E-state index in [-0.39, 0.29) is 5.78 Å². The number of ether oxygens (including phenoxy) is 2. The first kappa shape index (κ1) is 13.1. The van der Waals surface area contributed by atoms with Gasteiger partial charge in [-0.1, -0.05) is 0 Å². The Morgan fingerprint density at radius 1 is 1.26 bits per heavy atom. The van der Waals surface area contributed by atoms with Crippen molar-refractivity contribution in [3.63, 3.8) is 0 Å². The summed E-state index contributed by atoms with van der Waals surface area (Å²) in [6.07, 6.45) is 3.33. The summed E-state index contributed by atoms with van der Waals surface area (Å²) in [5.74, 6) is 1.42. The van der Waals surface area contributed by atoms with Crippen molar-refractivity contribution >= 4 is 5.78 Å². The van der Waals surface area contributed by atoms with Crippen molar-refractivity contribution in [2.24, 2.45) is 7.05 Å². The molecule has 1 aromatic heterocycles. The first-order valence-corrected chi connectivity index (χ1v) is 5.83. The Balaban J connectivity index is 2.54. The molecule has 0 unspecified atom stereocenters. The second kappa shape index (κ2) is 5.14. The number of benzene rings is 1. The van der Waals surface area contributed by atoms with Crippen molar-refractivity contribution in [2.75, 3.05) is 14.2 Å². The zero-order chi connectivity index (χ0) is 14.0. The lowest BCUT2D eigenvalue weighted by atomic mass is 10.0. The van der Waals surface area contributed by atoms with Crippen LogP contribution in [0.25, 0.3) is 0 Å². The van der Waals surface area contributed by atoms with Gasteiger partial charge < -0.3 is 14.0 Å². The summed E-state index contributed by atoms with van der Waals surface area (Å²) < 4.78 is 12.2. The molecule has 0 N–H and O–H groups in total. The van der Waals surface area contributed by atoms with E-state index >= 15 is 0 Å². The van der Waals surface area contributed by atoms with Crippen LogP contribution in [-0.4, -0.2) is 29.6 Å². The summed E-state index contributed by atoms with van der Waals surface area (Å²) in [5.41, 5.74) is 1.28. The van der Waals surface area contributed by atoms with Gasteiger partial charge in [-0.2, -0.15) is 0 Å². The number of hydrogen-bond donors (Lipinski definition) is 0. The molecule has 0 radical (unpaired) electrons. The minimum absolute atomic E-state index is 0.171. The Kier molecular flexibility index (Phi) is 3.55. The molecule has 1 aromatic carbocycles. The molecule has 19 heavy (non-hydrogen) atoms. The predicted octanol–water partition coefficient (Wildman–Crippen LogP) is 1.98. The highest BCUT2D eigenvalue weighted by Gasteiger charge is 2.21. The lowest BCUT2D eigenvalue weighted by Gasteiger charge is -2.13. The quantitative estimate of drug-likeness (QED) is 0.789. The Morgan fingerprint density at radius 3 is 2.53 bits per heavy atom. The molecule has 0 aliphatic heterocycles. The van der Waals surface area contributed by atoms with E-state index in [1.54, 1.807) is 43.3 Å². The zero-order valence-corrected chi connectivity index (χ0v) is 11.4. The largest absolute Gasteiger partial charge is 0.496 e. The summed E-state index contributed by atoms with van der Waals surface area (Å²) in [5, 5.41) is 0. The van der Waals surface area contributed by atoms with Crippen LogP contribution in [-0.2, 0) is 7.05 Å². The molecule has 0 fully saturated rings. The first-order valence-electron chi connectivity index (χ1n) is 5.83. The van der Waals surface area contributed by atoms with Crippen molar-refractivity contribution in [3.8, 4) is 11.5 Å². The summed E-state index contributed by atoms with van der Waals surface area (Å²) in [7, 11) is 4.90. The molecule has 2 rings (SSSR count). The van der Waals surface area contributed by atoms with Crippen LogP contribution in [0.3, 0.4) is 0 Å². The van der Waals surface area contributed by atoms with Crippen LogP contribution >= 0.6 is 0 Å². The molecule has 0 atom stereocenters. The van der Waals surface area contributed by atoms with E-state index in [1.807, 2.05) is 6.92 Å². The van der Waals surface area contributed by atoms with Crippen molar-refractivity contribution in [2.45, 2.75) is 6.92 Å². The number of methoxy groups -OCH3 is 2. The third kappa shape index (κ3) is 2.19. The van der Waals surface area contributed by atoms with Crippen LogP contribution in [0.1, 0.15) is 21.7 Å². The average Bonchev–Trinajstić information content (AvgIpc) is 2.83. The van der Waals surface area contributed by atoms with Gasteiger partial charge in [0.2, 0.25) is 5.78 Å². The van der Waals surface area contributed by atoms with E-state index in [4.69, 9.17) is 9.47 Å². The smallest absolute Gasteiger partial charge is 0.232 e. The molecule has 0 bridgehead atoms. The van der Waals surface area contributed by atoms with Crippen LogP contribution in [0.15, 0.2) is 24.5 Å². The average molecular weight is 260 g/mol. The Hall–Kier alpha value is -2.30. The van der Waals surface area contributed by atoms with Gasteiger partial charge >= 0.3 is 0 Å². The second-order valence-electron chi connectivity index (χ2n) is 4.16. The lowest BCUT2D eigenvalue weighted by Crippen LogP contribution is -2.11. The minimum atomic E-state index is -0.171. The Labute approximate surface area is 111 Å². The minimum Gasteiger partial charge on any atom is -0.496 e. The fraction of sp³-hybridized carbons (Fsp3) is 0.286. The third-order valence-electron chi connectivity index (χ3n) is 3.05. The highest BCUT2D eigenvalue weighted by Crippen LogP contribution is 2.32. The summed E-state index contributed by atoms with van der Waals surface area (Å²) in [4.78, 5) is 16.5. The van der Waals surface area contributed by atoms with Crippen LogP contribution in [0, 0.1) is 6.92 Å². The summed E-state index contributed by atoms with van der Waals surface area (Å²) in [6, 6.07) is 3.45. The van der Waals surface area contributed by atoms with Gasteiger partial charge in [0, 0.05) is 25.0 Å². The van der Waals surface area contributed by atoms with E-state index in [1.165, 1.54) is 7.11 Å². The van der Waals surface area contributed by atoms with Crippen LogP contribution in [0.4, 0.5) is 0 Å².